The maximum absolute atomic E-state index is 5.90. The summed E-state index contributed by atoms with van der Waals surface area (Å²) in [7, 11) is 2.24. The largest absolute Gasteiger partial charge is 0.440 e. The molecular weight excluding hydrogens is 366 g/mol. The third kappa shape index (κ3) is 4.90. The van der Waals surface area contributed by atoms with Crippen molar-refractivity contribution in [3.8, 4) is 10.8 Å². The van der Waals surface area contributed by atoms with Crippen LogP contribution < -0.4 is 0 Å². The molecule has 148 valence electrons. The standard InChI is InChI=1S/C23H29N3OS/c1-18-21(24-23(27-18)22-9-6-14-28-22)17-26-12-10-20(11-13-26)16-25(2)15-19-7-4-3-5-8-19/h3-9,14,20H,10-13,15-17H2,1-2H3. The number of likely N-dealkylation sites (tertiary alicyclic amines) is 1. The molecule has 0 amide bonds. The van der Waals surface area contributed by atoms with Crippen molar-refractivity contribution in [2.75, 3.05) is 26.7 Å². The molecule has 28 heavy (non-hydrogen) atoms. The second-order valence-corrected chi connectivity index (χ2v) is 8.85. The van der Waals surface area contributed by atoms with Crippen LogP contribution in [0.4, 0.5) is 0 Å². The van der Waals surface area contributed by atoms with Crippen molar-refractivity contribution in [2.24, 2.45) is 5.92 Å². The average molecular weight is 396 g/mol. The molecule has 0 bridgehead atoms. The van der Waals surface area contributed by atoms with Gasteiger partial charge in [0.05, 0.1) is 10.6 Å². The number of hydrogen-bond acceptors (Lipinski definition) is 5. The lowest BCUT2D eigenvalue weighted by atomic mass is 9.96. The Balaban J connectivity index is 1.25. The van der Waals surface area contributed by atoms with Gasteiger partial charge in [-0.15, -0.1) is 11.3 Å². The number of hydrogen-bond donors (Lipinski definition) is 0. The van der Waals surface area contributed by atoms with Gasteiger partial charge in [-0.2, -0.15) is 0 Å². The predicted molar refractivity (Wildman–Crippen MR) is 115 cm³/mol. The molecule has 3 aromatic rings. The minimum Gasteiger partial charge on any atom is -0.440 e. The third-order valence-corrected chi connectivity index (χ3v) is 6.43. The number of aromatic nitrogens is 1. The highest BCUT2D eigenvalue weighted by Crippen LogP contribution is 2.27. The van der Waals surface area contributed by atoms with E-state index in [1.807, 2.05) is 13.0 Å². The maximum atomic E-state index is 5.90. The van der Waals surface area contributed by atoms with Gasteiger partial charge in [0.15, 0.2) is 0 Å². The van der Waals surface area contributed by atoms with Gasteiger partial charge in [0.25, 0.3) is 0 Å². The summed E-state index contributed by atoms with van der Waals surface area (Å²) in [6.45, 7) is 7.42. The van der Waals surface area contributed by atoms with Crippen LogP contribution >= 0.6 is 11.3 Å². The first-order valence-corrected chi connectivity index (χ1v) is 11.0. The molecule has 1 aliphatic rings. The Hall–Kier alpha value is -1.95. The van der Waals surface area contributed by atoms with E-state index in [-0.39, 0.29) is 0 Å². The Bertz CT molecular complexity index is 851. The zero-order valence-corrected chi connectivity index (χ0v) is 17.6. The Labute approximate surface area is 171 Å². The molecule has 1 fully saturated rings. The molecule has 5 heteroatoms. The highest BCUT2D eigenvalue weighted by atomic mass is 32.1. The zero-order chi connectivity index (χ0) is 19.3. The fourth-order valence-corrected chi connectivity index (χ4v) is 4.67. The first kappa shape index (κ1) is 19.4. The van der Waals surface area contributed by atoms with Crippen LogP contribution in [-0.4, -0.2) is 41.5 Å². The minimum atomic E-state index is 0.764. The molecule has 0 saturated carbocycles. The van der Waals surface area contributed by atoms with E-state index in [0.717, 1.165) is 54.3 Å². The summed E-state index contributed by atoms with van der Waals surface area (Å²) in [5, 5.41) is 2.06. The monoisotopic (exact) mass is 395 g/mol. The average Bonchev–Trinajstić information content (AvgIpc) is 3.34. The third-order valence-electron chi connectivity index (χ3n) is 5.57. The lowest BCUT2D eigenvalue weighted by molar-refractivity contribution is 0.145. The summed E-state index contributed by atoms with van der Waals surface area (Å²) in [5.74, 6) is 2.50. The van der Waals surface area contributed by atoms with E-state index in [2.05, 4.69) is 58.6 Å². The number of piperidine rings is 1. The summed E-state index contributed by atoms with van der Waals surface area (Å²) < 4.78 is 5.90. The lowest BCUT2D eigenvalue weighted by Gasteiger charge is -2.33. The van der Waals surface area contributed by atoms with E-state index < -0.39 is 0 Å². The molecule has 0 aliphatic carbocycles. The number of nitrogens with zero attached hydrogens (tertiary/aromatic N) is 3. The van der Waals surface area contributed by atoms with E-state index in [4.69, 9.17) is 9.40 Å². The van der Waals surface area contributed by atoms with Crippen molar-refractivity contribution in [3.63, 3.8) is 0 Å². The van der Waals surface area contributed by atoms with Crippen LogP contribution in [0.1, 0.15) is 29.9 Å². The van der Waals surface area contributed by atoms with Gasteiger partial charge in [0, 0.05) is 19.6 Å². The fourth-order valence-electron chi connectivity index (χ4n) is 4.02. The van der Waals surface area contributed by atoms with Crippen LogP contribution in [0.15, 0.2) is 52.3 Å². The molecule has 1 aromatic carbocycles. The smallest absolute Gasteiger partial charge is 0.236 e. The molecule has 1 saturated heterocycles. The molecule has 0 spiro atoms. The van der Waals surface area contributed by atoms with Crippen LogP contribution in [0.25, 0.3) is 10.8 Å². The van der Waals surface area contributed by atoms with Gasteiger partial charge in [-0.25, -0.2) is 4.98 Å². The summed E-state index contributed by atoms with van der Waals surface area (Å²) in [6, 6.07) is 14.9. The first-order chi connectivity index (χ1) is 13.7. The van der Waals surface area contributed by atoms with Gasteiger partial charge in [0.2, 0.25) is 5.89 Å². The van der Waals surface area contributed by atoms with Gasteiger partial charge >= 0.3 is 0 Å². The van der Waals surface area contributed by atoms with E-state index in [0.29, 0.717) is 0 Å². The summed E-state index contributed by atoms with van der Waals surface area (Å²) in [6.07, 6.45) is 2.52. The van der Waals surface area contributed by atoms with Crippen molar-refractivity contribution in [3.05, 3.63) is 64.9 Å². The molecule has 3 heterocycles. The first-order valence-electron chi connectivity index (χ1n) is 10.1. The zero-order valence-electron chi connectivity index (χ0n) is 16.8. The highest BCUT2D eigenvalue weighted by molar-refractivity contribution is 7.13. The Morgan fingerprint density at radius 1 is 1.14 bits per heavy atom. The van der Waals surface area contributed by atoms with Crippen molar-refractivity contribution in [1.29, 1.82) is 0 Å². The summed E-state index contributed by atoms with van der Waals surface area (Å²) >= 11 is 1.68. The summed E-state index contributed by atoms with van der Waals surface area (Å²) in [4.78, 5) is 10.8. The lowest BCUT2D eigenvalue weighted by Crippen LogP contribution is -2.37. The second-order valence-electron chi connectivity index (χ2n) is 7.90. The number of rotatable bonds is 7. The SMILES string of the molecule is Cc1oc(-c2cccs2)nc1CN1CCC(CN(C)Cc2ccccc2)CC1. The Kier molecular flexibility index (Phi) is 6.25. The van der Waals surface area contributed by atoms with Crippen molar-refractivity contribution < 1.29 is 4.42 Å². The summed E-state index contributed by atoms with van der Waals surface area (Å²) in [5.41, 5.74) is 2.48. The molecule has 1 aliphatic heterocycles. The molecule has 4 nitrogen and oxygen atoms in total. The predicted octanol–water partition coefficient (Wildman–Crippen LogP) is 5.06. The molecule has 0 radical (unpaired) electrons. The number of benzene rings is 1. The van der Waals surface area contributed by atoms with Crippen LogP contribution in [0.2, 0.25) is 0 Å². The molecule has 0 N–H and O–H groups in total. The number of aryl methyl sites for hydroxylation is 1. The number of thiophene rings is 1. The second kappa shape index (κ2) is 9.03. The van der Waals surface area contributed by atoms with Crippen molar-refractivity contribution >= 4 is 11.3 Å². The molecule has 0 atom stereocenters. The van der Waals surface area contributed by atoms with Gasteiger partial charge in [0.1, 0.15) is 5.76 Å². The quantitative estimate of drug-likeness (QED) is 0.560. The van der Waals surface area contributed by atoms with Crippen molar-refractivity contribution in [2.45, 2.75) is 32.9 Å². The van der Waals surface area contributed by atoms with Gasteiger partial charge in [-0.05, 0) is 62.8 Å². The molecule has 0 unspecified atom stereocenters. The van der Waals surface area contributed by atoms with Gasteiger partial charge < -0.3 is 9.32 Å². The van der Waals surface area contributed by atoms with Crippen LogP contribution in [-0.2, 0) is 13.1 Å². The van der Waals surface area contributed by atoms with Gasteiger partial charge in [-0.1, -0.05) is 36.4 Å². The van der Waals surface area contributed by atoms with Gasteiger partial charge in [-0.3, -0.25) is 4.90 Å². The fraction of sp³-hybridized carbons (Fsp3) is 0.435. The van der Waals surface area contributed by atoms with E-state index in [9.17, 15) is 0 Å². The minimum absolute atomic E-state index is 0.764. The maximum Gasteiger partial charge on any atom is 0.236 e. The van der Waals surface area contributed by atoms with E-state index in [1.54, 1.807) is 11.3 Å². The Morgan fingerprint density at radius 2 is 1.93 bits per heavy atom. The highest BCUT2D eigenvalue weighted by Gasteiger charge is 2.22. The molecule has 4 rings (SSSR count). The Morgan fingerprint density at radius 3 is 2.64 bits per heavy atom. The molecular formula is C23H29N3OS. The molecule has 2 aromatic heterocycles. The normalized spacial score (nSPS) is 16.1. The van der Waals surface area contributed by atoms with Crippen LogP contribution in [0, 0.1) is 12.8 Å². The van der Waals surface area contributed by atoms with Crippen molar-refractivity contribution in [1.82, 2.24) is 14.8 Å². The van der Waals surface area contributed by atoms with E-state index >= 15 is 0 Å². The van der Waals surface area contributed by atoms with Crippen LogP contribution in [0.5, 0.6) is 0 Å². The van der Waals surface area contributed by atoms with E-state index in [1.165, 1.54) is 24.9 Å². The topological polar surface area (TPSA) is 32.5 Å². The number of oxazole rings is 1. The van der Waals surface area contributed by atoms with Crippen LogP contribution in [0.3, 0.4) is 0 Å².